The second-order valence-corrected chi connectivity index (χ2v) is 5.28. The predicted octanol–water partition coefficient (Wildman–Crippen LogP) is 3.02. The molecule has 2 heterocycles. The average molecular weight is 351 g/mol. The molecule has 1 N–H and O–H groups in total. The van der Waals surface area contributed by atoms with Crippen LogP contribution in [0.2, 0.25) is 0 Å². The standard InChI is InChI=1S/C12H12F3N3O4S/c1-7-8(2-4-20-7)9-17-18-11(22-9)23-5-3-16-10(19)21-6-12(13,14)15/h2,4H,3,5-6H2,1H3,(H,16,19). The van der Waals surface area contributed by atoms with Gasteiger partial charge < -0.3 is 18.9 Å². The highest BCUT2D eigenvalue weighted by Gasteiger charge is 2.29. The third-order valence-electron chi connectivity index (χ3n) is 2.46. The van der Waals surface area contributed by atoms with Gasteiger partial charge in [-0.25, -0.2) is 4.79 Å². The van der Waals surface area contributed by atoms with E-state index in [9.17, 15) is 18.0 Å². The van der Waals surface area contributed by atoms with Crippen LogP contribution in [-0.2, 0) is 4.74 Å². The van der Waals surface area contributed by atoms with Gasteiger partial charge in [0.05, 0.1) is 11.8 Å². The second kappa shape index (κ2) is 7.40. The van der Waals surface area contributed by atoms with Gasteiger partial charge in [-0.15, -0.1) is 10.2 Å². The zero-order valence-electron chi connectivity index (χ0n) is 11.8. The highest BCUT2D eigenvalue weighted by atomic mass is 32.2. The number of furan rings is 1. The van der Waals surface area contributed by atoms with Gasteiger partial charge in [0, 0.05) is 12.3 Å². The zero-order chi connectivity index (χ0) is 16.9. The Hall–Kier alpha value is -2.17. The first-order chi connectivity index (χ1) is 10.8. The Morgan fingerprint density at radius 2 is 2.22 bits per heavy atom. The van der Waals surface area contributed by atoms with Crippen LogP contribution < -0.4 is 5.32 Å². The molecule has 0 saturated heterocycles. The molecular weight excluding hydrogens is 339 g/mol. The Balaban J connectivity index is 1.70. The largest absolute Gasteiger partial charge is 0.469 e. The van der Waals surface area contributed by atoms with Gasteiger partial charge in [0.2, 0.25) is 0 Å². The Morgan fingerprint density at radius 1 is 1.43 bits per heavy atom. The molecule has 2 rings (SSSR count). The number of nitrogens with zero attached hydrogens (tertiary/aromatic N) is 2. The molecule has 23 heavy (non-hydrogen) atoms. The summed E-state index contributed by atoms with van der Waals surface area (Å²) in [5, 5.41) is 10.1. The molecule has 1 amide bonds. The lowest BCUT2D eigenvalue weighted by atomic mass is 10.3. The van der Waals surface area contributed by atoms with Crippen molar-refractivity contribution in [1.82, 2.24) is 15.5 Å². The fourth-order valence-electron chi connectivity index (χ4n) is 1.47. The molecule has 2 aromatic rings. The average Bonchev–Trinajstić information content (AvgIpc) is 3.09. The fourth-order valence-corrected chi connectivity index (χ4v) is 2.09. The smallest absolute Gasteiger partial charge is 0.422 e. The summed E-state index contributed by atoms with van der Waals surface area (Å²) in [6.45, 7) is 0.218. The summed E-state index contributed by atoms with van der Waals surface area (Å²) in [6, 6.07) is 1.69. The van der Waals surface area contributed by atoms with Crippen LogP contribution >= 0.6 is 11.8 Å². The summed E-state index contributed by atoms with van der Waals surface area (Å²) in [5.74, 6) is 1.27. The van der Waals surface area contributed by atoms with Crippen molar-refractivity contribution in [2.24, 2.45) is 0 Å². The number of hydrogen-bond acceptors (Lipinski definition) is 7. The number of amides is 1. The maximum atomic E-state index is 11.8. The SMILES string of the molecule is Cc1occc1-c1nnc(SCCNC(=O)OCC(F)(F)F)o1. The Labute approximate surface area is 132 Å². The van der Waals surface area contributed by atoms with E-state index >= 15 is 0 Å². The van der Waals surface area contributed by atoms with E-state index in [1.165, 1.54) is 6.26 Å². The molecule has 7 nitrogen and oxygen atoms in total. The number of carbonyl (C=O) groups is 1. The van der Waals surface area contributed by atoms with E-state index < -0.39 is 18.9 Å². The summed E-state index contributed by atoms with van der Waals surface area (Å²) in [5.41, 5.74) is 0.679. The van der Waals surface area contributed by atoms with Crippen LogP contribution in [0.25, 0.3) is 11.5 Å². The Kier molecular flexibility index (Phi) is 5.53. The lowest BCUT2D eigenvalue weighted by molar-refractivity contribution is -0.160. The van der Waals surface area contributed by atoms with Crippen molar-refractivity contribution >= 4 is 17.9 Å². The summed E-state index contributed by atoms with van der Waals surface area (Å²) >= 11 is 1.15. The molecule has 0 unspecified atom stereocenters. The van der Waals surface area contributed by atoms with E-state index in [-0.39, 0.29) is 11.8 Å². The first-order valence-corrected chi connectivity index (χ1v) is 7.32. The number of alkyl halides is 3. The predicted molar refractivity (Wildman–Crippen MR) is 72.9 cm³/mol. The van der Waals surface area contributed by atoms with E-state index in [4.69, 9.17) is 8.83 Å². The molecule has 0 atom stereocenters. The van der Waals surface area contributed by atoms with E-state index in [1.807, 2.05) is 0 Å². The number of ether oxygens (including phenoxy) is 1. The van der Waals surface area contributed by atoms with Crippen LogP contribution in [-0.4, -0.2) is 41.4 Å². The first-order valence-electron chi connectivity index (χ1n) is 6.33. The van der Waals surface area contributed by atoms with Crippen molar-refractivity contribution in [2.45, 2.75) is 18.3 Å². The highest BCUT2D eigenvalue weighted by Crippen LogP contribution is 2.25. The molecular formula is C12H12F3N3O4S. The van der Waals surface area contributed by atoms with Crippen molar-refractivity contribution in [3.8, 4) is 11.5 Å². The number of rotatable bonds is 6. The normalized spacial score (nSPS) is 11.5. The molecule has 0 radical (unpaired) electrons. The summed E-state index contributed by atoms with van der Waals surface area (Å²) < 4.78 is 50.0. The van der Waals surface area contributed by atoms with Crippen molar-refractivity contribution < 1.29 is 31.5 Å². The minimum absolute atomic E-state index is 0.0871. The van der Waals surface area contributed by atoms with Gasteiger partial charge in [0.25, 0.3) is 11.1 Å². The summed E-state index contributed by atoms with van der Waals surface area (Å²) in [6.07, 6.45) is -4.18. The van der Waals surface area contributed by atoms with Gasteiger partial charge >= 0.3 is 12.3 Å². The minimum Gasteiger partial charge on any atom is -0.469 e. The van der Waals surface area contributed by atoms with Gasteiger partial charge in [-0.05, 0) is 13.0 Å². The van der Waals surface area contributed by atoms with Crippen molar-refractivity contribution in [2.75, 3.05) is 18.9 Å². The fraction of sp³-hybridized carbons (Fsp3) is 0.417. The minimum atomic E-state index is -4.54. The molecule has 0 saturated carbocycles. The number of carbonyl (C=O) groups excluding carboxylic acids is 1. The number of nitrogens with one attached hydrogen (secondary N) is 1. The molecule has 0 spiro atoms. The van der Waals surface area contributed by atoms with Crippen LogP contribution in [0.1, 0.15) is 5.76 Å². The van der Waals surface area contributed by atoms with Gasteiger partial charge in [-0.3, -0.25) is 0 Å². The van der Waals surface area contributed by atoms with Crippen LogP contribution in [0.5, 0.6) is 0 Å². The van der Waals surface area contributed by atoms with Crippen molar-refractivity contribution in [1.29, 1.82) is 0 Å². The number of alkyl carbamates (subject to hydrolysis) is 1. The lowest BCUT2D eigenvalue weighted by Crippen LogP contribution is -2.30. The number of aryl methyl sites for hydroxylation is 1. The number of hydrogen-bond donors (Lipinski definition) is 1. The maximum Gasteiger partial charge on any atom is 0.422 e. The van der Waals surface area contributed by atoms with Crippen molar-refractivity contribution in [3.05, 3.63) is 18.1 Å². The molecule has 0 aliphatic heterocycles. The monoisotopic (exact) mass is 351 g/mol. The van der Waals surface area contributed by atoms with Crippen molar-refractivity contribution in [3.63, 3.8) is 0 Å². The van der Waals surface area contributed by atoms with Gasteiger partial charge in [0.15, 0.2) is 6.61 Å². The van der Waals surface area contributed by atoms with E-state index in [0.29, 0.717) is 23.0 Å². The van der Waals surface area contributed by atoms with Gasteiger partial charge in [-0.2, -0.15) is 13.2 Å². The maximum absolute atomic E-state index is 11.8. The lowest BCUT2D eigenvalue weighted by Gasteiger charge is -2.08. The van der Waals surface area contributed by atoms with Gasteiger partial charge in [0.1, 0.15) is 5.76 Å². The van der Waals surface area contributed by atoms with Crippen LogP contribution in [0.4, 0.5) is 18.0 Å². The topological polar surface area (TPSA) is 90.4 Å². The first kappa shape index (κ1) is 17.2. The van der Waals surface area contributed by atoms with E-state index in [2.05, 4.69) is 20.3 Å². The highest BCUT2D eigenvalue weighted by molar-refractivity contribution is 7.99. The molecule has 0 bridgehead atoms. The summed E-state index contributed by atoms with van der Waals surface area (Å²) in [7, 11) is 0. The Morgan fingerprint density at radius 3 is 2.87 bits per heavy atom. The quantitative estimate of drug-likeness (QED) is 0.632. The zero-order valence-corrected chi connectivity index (χ0v) is 12.7. The molecule has 0 aliphatic rings. The molecule has 126 valence electrons. The third-order valence-corrected chi connectivity index (χ3v) is 3.28. The van der Waals surface area contributed by atoms with E-state index in [1.54, 1.807) is 13.0 Å². The number of aromatic nitrogens is 2. The summed E-state index contributed by atoms with van der Waals surface area (Å²) in [4.78, 5) is 11.0. The van der Waals surface area contributed by atoms with Crippen LogP contribution in [0.3, 0.4) is 0 Å². The third kappa shape index (κ3) is 5.51. The molecule has 0 aliphatic carbocycles. The van der Waals surface area contributed by atoms with E-state index in [0.717, 1.165) is 11.8 Å². The van der Waals surface area contributed by atoms with Crippen LogP contribution in [0, 0.1) is 6.92 Å². The number of thioether (sulfide) groups is 1. The molecule has 0 aromatic carbocycles. The molecule has 11 heteroatoms. The number of halogens is 3. The second-order valence-electron chi connectivity index (χ2n) is 4.23. The molecule has 0 fully saturated rings. The molecule has 2 aromatic heterocycles. The Bertz CT molecular complexity index is 656. The van der Waals surface area contributed by atoms with Crippen LogP contribution in [0.15, 0.2) is 26.4 Å². The van der Waals surface area contributed by atoms with Gasteiger partial charge in [-0.1, -0.05) is 11.8 Å².